The molecule has 1 N–H and O–H groups in total. The quantitative estimate of drug-likeness (QED) is 0.0497. The van der Waals surface area contributed by atoms with Gasteiger partial charge in [-0.15, -0.1) is 5.10 Å². The molecule has 0 aliphatic carbocycles. The first-order chi connectivity index (χ1) is 25.7. The molecule has 3 aromatic carbocycles. The third-order valence-corrected chi connectivity index (χ3v) is 13.3. The minimum atomic E-state index is -3.55. The average molecular weight is 757 g/mol. The third kappa shape index (κ3) is 6.47. The third-order valence-electron chi connectivity index (χ3n) is 10.8. The van der Waals surface area contributed by atoms with Crippen molar-refractivity contribution in [1.82, 2.24) is 15.0 Å². The molecule has 3 aliphatic heterocycles. The molecule has 6 atom stereocenters. The monoisotopic (exact) mass is 756 g/mol. The highest BCUT2D eigenvalue weighted by molar-refractivity contribution is 6.72. The van der Waals surface area contributed by atoms with E-state index in [0.29, 0.717) is 28.2 Å². The van der Waals surface area contributed by atoms with Gasteiger partial charge in [0.15, 0.2) is 11.8 Å². The number of hydrogen-bond donors (Lipinski definition) is 1. The van der Waals surface area contributed by atoms with Crippen LogP contribution in [0.25, 0.3) is 0 Å². The molecule has 54 heavy (non-hydrogen) atoms. The van der Waals surface area contributed by atoms with Gasteiger partial charge >= 0.3 is 5.97 Å². The number of anilines is 2. The highest BCUT2D eigenvalue weighted by Gasteiger charge is 2.67. The van der Waals surface area contributed by atoms with Gasteiger partial charge in [-0.2, -0.15) is 0 Å². The number of rotatable bonds is 12. The van der Waals surface area contributed by atoms with Crippen LogP contribution in [0.4, 0.5) is 21.2 Å². The van der Waals surface area contributed by atoms with Crippen LogP contribution in [0.3, 0.4) is 0 Å². The van der Waals surface area contributed by atoms with E-state index in [9.17, 15) is 29.6 Å². The Morgan fingerprint density at radius 3 is 2.57 bits per heavy atom. The summed E-state index contributed by atoms with van der Waals surface area (Å²) in [6.07, 6.45) is 0.609. The molecule has 7 rings (SSSR count). The Morgan fingerprint density at radius 1 is 1.15 bits per heavy atom. The summed E-state index contributed by atoms with van der Waals surface area (Å²) in [4.78, 5) is 53.4. The zero-order valence-corrected chi connectivity index (χ0v) is 31.3. The Kier molecular flexibility index (Phi) is 9.70. The van der Waals surface area contributed by atoms with E-state index < -0.39 is 54.6 Å². The lowest BCUT2D eigenvalue weighted by Crippen LogP contribution is -2.54. The molecule has 0 radical (unpaired) electrons. The molecule has 1 aromatic heterocycles. The number of nitro groups is 1. The lowest BCUT2D eigenvalue weighted by molar-refractivity contribution is -0.385. The molecular weight excluding hydrogens is 716 g/mol. The SMILES string of the molecule is CC(=O)OC1CC(=O)N1c1cccc(CN2C(=O)[C@]3(O[C@H](CCn4cc(C(CO)c5ccccc5)nn4)[C@@H]([Si](C)(C)F)[C@@H]3C)c3cc([N+](=O)[O-])ccc32)c1. The van der Waals surface area contributed by atoms with Gasteiger partial charge in [0.1, 0.15) is 0 Å². The van der Waals surface area contributed by atoms with Crippen molar-refractivity contribution in [3.63, 3.8) is 0 Å². The largest absolute Gasteiger partial charge is 0.441 e. The fourth-order valence-electron chi connectivity index (χ4n) is 8.44. The minimum Gasteiger partial charge on any atom is -0.441 e. The molecule has 4 heterocycles. The standard InChI is InChI=1S/C38H41FN6O8Si/c1-23-36(54(3,4)39)33(15-16-42-21-31(40-41-42)29(22-46)26-10-6-5-7-11-26)53-38(23)30-18-28(45(50)51)13-14-32(30)43(37(38)49)20-25-9-8-12-27(17-25)44-34(48)19-35(44)52-24(2)47/h5-14,17-18,21,23,29,33,35-36,46H,15-16,19-20,22H2,1-4H3/t23-,29?,33+,35?,36-,38+/m0/s1. The number of nitrogens with zero attached hydrogens (tertiary/aromatic N) is 6. The summed E-state index contributed by atoms with van der Waals surface area (Å²) in [6.45, 7) is 6.36. The Morgan fingerprint density at radius 2 is 1.91 bits per heavy atom. The number of hydrogen-bond acceptors (Lipinski definition) is 10. The van der Waals surface area contributed by atoms with Crippen molar-refractivity contribution < 1.29 is 38.0 Å². The predicted molar refractivity (Wildman–Crippen MR) is 196 cm³/mol. The molecule has 16 heteroatoms. The topological polar surface area (TPSA) is 170 Å². The van der Waals surface area contributed by atoms with Crippen LogP contribution >= 0.6 is 0 Å². The van der Waals surface area contributed by atoms with E-state index in [1.165, 1.54) is 34.9 Å². The summed E-state index contributed by atoms with van der Waals surface area (Å²) in [5.41, 5.74) is 0.711. The average Bonchev–Trinajstić information content (AvgIpc) is 3.78. The molecule has 0 bridgehead atoms. The van der Waals surface area contributed by atoms with Crippen molar-refractivity contribution in [2.45, 2.75) is 82.3 Å². The molecule has 1 spiro atoms. The maximum absolute atomic E-state index is 16.5. The van der Waals surface area contributed by atoms with Crippen LogP contribution in [0.5, 0.6) is 0 Å². The van der Waals surface area contributed by atoms with Crippen LogP contribution in [0, 0.1) is 16.0 Å². The maximum Gasteiger partial charge on any atom is 0.304 e. The number of carbonyl (C=O) groups is 3. The number of aliphatic hydroxyl groups is 1. The van der Waals surface area contributed by atoms with E-state index in [0.717, 1.165) is 5.56 Å². The summed E-state index contributed by atoms with van der Waals surface area (Å²) in [6, 6.07) is 20.6. The molecule has 0 saturated carbocycles. The first-order valence-corrected chi connectivity index (χ1v) is 20.8. The number of aromatic nitrogens is 3. The van der Waals surface area contributed by atoms with Crippen molar-refractivity contribution >= 4 is 43.3 Å². The number of aryl methyl sites for hydroxylation is 1. The zero-order chi connectivity index (χ0) is 38.5. The summed E-state index contributed by atoms with van der Waals surface area (Å²) < 4.78 is 30.2. The van der Waals surface area contributed by atoms with Crippen molar-refractivity contribution in [2.24, 2.45) is 5.92 Å². The van der Waals surface area contributed by atoms with Gasteiger partial charge < -0.3 is 23.6 Å². The van der Waals surface area contributed by atoms with Crippen LogP contribution in [0.1, 0.15) is 55.0 Å². The number of carbonyl (C=O) groups excluding carboxylic acids is 3. The molecule has 2 amide bonds. The number of benzene rings is 3. The van der Waals surface area contributed by atoms with E-state index in [2.05, 4.69) is 10.3 Å². The van der Waals surface area contributed by atoms with E-state index in [-0.39, 0.29) is 50.1 Å². The molecule has 282 valence electrons. The molecular formula is C38H41FN6O8Si. The number of non-ortho nitro benzene ring substituents is 1. The van der Waals surface area contributed by atoms with Crippen LogP contribution in [0.2, 0.25) is 18.6 Å². The van der Waals surface area contributed by atoms with Gasteiger partial charge in [-0.25, -0.2) is 0 Å². The number of ether oxygens (including phenoxy) is 2. The van der Waals surface area contributed by atoms with Gasteiger partial charge in [0.05, 0.1) is 47.9 Å². The van der Waals surface area contributed by atoms with Crippen LogP contribution in [-0.4, -0.2) is 70.2 Å². The number of aliphatic hydroxyl groups excluding tert-OH is 1. The van der Waals surface area contributed by atoms with Gasteiger partial charge in [0.25, 0.3) is 11.6 Å². The van der Waals surface area contributed by atoms with Gasteiger partial charge in [0.2, 0.25) is 14.3 Å². The maximum atomic E-state index is 16.5. The van der Waals surface area contributed by atoms with Crippen LogP contribution in [0.15, 0.2) is 79.0 Å². The van der Waals surface area contributed by atoms with Crippen LogP contribution < -0.4 is 9.80 Å². The number of amides is 2. The van der Waals surface area contributed by atoms with Gasteiger partial charge in [-0.05, 0) is 48.8 Å². The van der Waals surface area contributed by atoms with E-state index >= 15 is 4.11 Å². The highest BCUT2D eigenvalue weighted by Crippen LogP contribution is 2.60. The first kappa shape index (κ1) is 37.0. The second kappa shape index (κ2) is 14.2. The normalized spacial score (nSPS) is 24.1. The van der Waals surface area contributed by atoms with Crippen molar-refractivity contribution in [3.8, 4) is 0 Å². The number of halogens is 1. The number of nitro benzene ring substituents is 1. The van der Waals surface area contributed by atoms with Gasteiger partial charge in [0, 0.05) is 54.5 Å². The first-order valence-electron chi connectivity index (χ1n) is 17.8. The molecule has 2 fully saturated rings. The molecule has 4 aromatic rings. The Balaban J connectivity index is 1.19. The highest BCUT2D eigenvalue weighted by atomic mass is 28.4. The van der Waals surface area contributed by atoms with E-state index in [1.807, 2.05) is 30.3 Å². The molecule has 2 unspecified atom stereocenters. The van der Waals surface area contributed by atoms with Crippen molar-refractivity contribution in [2.75, 3.05) is 16.4 Å². The number of fused-ring (bicyclic) bond motifs is 2. The smallest absolute Gasteiger partial charge is 0.304 e. The van der Waals surface area contributed by atoms with Gasteiger partial charge in [-0.3, -0.25) is 34.1 Å². The van der Waals surface area contributed by atoms with Crippen LogP contribution in [-0.2, 0) is 42.5 Å². The fraction of sp³-hybridized carbons (Fsp3) is 0.395. The second-order valence-corrected chi connectivity index (χ2v) is 18.5. The van der Waals surface area contributed by atoms with Gasteiger partial charge in [-0.1, -0.05) is 54.6 Å². The lowest BCUT2D eigenvalue weighted by Gasteiger charge is -2.39. The summed E-state index contributed by atoms with van der Waals surface area (Å²) in [5.74, 6) is -2.27. The Bertz CT molecular complexity index is 2110. The lowest BCUT2D eigenvalue weighted by atomic mass is 9.82. The van der Waals surface area contributed by atoms with Crippen molar-refractivity contribution in [1.29, 1.82) is 0 Å². The second-order valence-electron chi connectivity index (χ2n) is 14.7. The van der Waals surface area contributed by atoms with E-state index in [1.54, 1.807) is 55.2 Å². The van der Waals surface area contributed by atoms with Crippen molar-refractivity contribution in [3.05, 3.63) is 111 Å². The Hall–Kier alpha value is -5.32. The Labute approximate surface area is 311 Å². The zero-order valence-electron chi connectivity index (χ0n) is 30.3. The minimum absolute atomic E-state index is 0.0243. The predicted octanol–water partition coefficient (Wildman–Crippen LogP) is 5.35. The fourth-order valence-corrected chi connectivity index (χ4v) is 11.0. The number of β-lactam (4-membered cyclic amide) rings is 1. The summed E-state index contributed by atoms with van der Waals surface area (Å²) in [7, 11) is -3.55. The molecule has 3 aliphatic rings. The summed E-state index contributed by atoms with van der Waals surface area (Å²) in [5, 5.41) is 30.8. The molecule has 2 saturated heterocycles. The number of esters is 1. The summed E-state index contributed by atoms with van der Waals surface area (Å²) >= 11 is 0. The molecule has 14 nitrogen and oxygen atoms in total. The van der Waals surface area contributed by atoms with E-state index in [4.69, 9.17) is 9.47 Å².